The minimum Gasteiger partial charge on any atom is -0.496 e. The van der Waals surface area contributed by atoms with Crippen molar-refractivity contribution in [1.29, 1.82) is 0 Å². The Morgan fingerprint density at radius 3 is 2.80 bits per heavy atom. The summed E-state index contributed by atoms with van der Waals surface area (Å²) in [6, 6.07) is 8.97. The normalized spacial score (nSPS) is 10.2. The Balaban J connectivity index is 2.09. The standard InChI is InChI=1S/C14H14ClN3O2/c1-9-7-12(15)17-14(16-9)18-13(19)8-10-5-3-4-6-11(10)20-2/h3-7H,8H2,1-2H3,(H,16,17,18,19). The predicted molar refractivity (Wildman–Crippen MR) is 77.1 cm³/mol. The van der Waals surface area contributed by atoms with E-state index in [0.29, 0.717) is 16.6 Å². The van der Waals surface area contributed by atoms with Gasteiger partial charge in [-0.2, -0.15) is 0 Å². The second-order valence-electron chi connectivity index (χ2n) is 4.19. The molecule has 104 valence electrons. The van der Waals surface area contributed by atoms with Crippen molar-refractivity contribution in [2.45, 2.75) is 13.3 Å². The molecule has 5 nitrogen and oxygen atoms in total. The Morgan fingerprint density at radius 1 is 1.35 bits per heavy atom. The van der Waals surface area contributed by atoms with Crippen molar-refractivity contribution in [3.63, 3.8) is 0 Å². The van der Waals surface area contributed by atoms with Gasteiger partial charge < -0.3 is 4.74 Å². The third kappa shape index (κ3) is 3.68. The van der Waals surface area contributed by atoms with Gasteiger partial charge in [0.05, 0.1) is 13.5 Å². The summed E-state index contributed by atoms with van der Waals surface area (Å²) >= 11 is 5.82. The molecule has 2 rings (SSSR count). The summed E-state index contributed by atoms with van der Waals surface area (Å²) in [5.41, 5.74) is 1.49. The number of methoxy groups -OCH3 is 1. The number of hydrogen-bond donors (Lipinski definition) is 1. The van der Waals surface area contributed by atoms with Gasteiger partial charge in [0.25, 0.3) is 0 Å². The molecule has 0 bridgehead atoms. The molecule has 0 radical (unpaired) electrons. The van der Waals surface area contributed by atoms with Gasteiger partial charge in [-0.15, -0.1) is 0 Å². The van der Waals surface area contributed by atoms with Crippen molar-refractivity contribution in [2.24, 2.45) is 0 Å². The van der Waals surface area contributed by atoms with E-state index in [1.54, 1.807) is 20.1 Å². The van der Waals surface area contributed by atoms with E-state index in [-0.39, 0.29) is 18.3 Å². The van der Waals surface area contributed by atoms with Gasteiger partial charge in [0.2, 0.25) is 11.9 Å². The maximum Gasteiger partial charge on any atom is 0.231 e. The topological polar surface area (TPSA) is 64.1 Å². The first kappa shape index (κ1) is 14.3. The zero-order valence-electron chi connectivity index (χ0n) is 11.2. The highest BCUT2D eigenvalue weighted by Gasteiger charge is 2.10. The fourth-order valence-electron chi connectivity index (χ4n) is 1.78. The molecule has 20 heavy (non-hydrogen) atoms. The summed E-state index contributed by atoms with van der Waals surface area (Å²) in [5.74, 6) is 0.650. The van der Waals surface area contributed by atoms with E-state index in [1.165, 1.54) is 0 Å². The SMILES string of the molecule is COc1ccccc1CC(=O)Nc1nc(C)cc(Cl)n1. The molecule has 2 aromatic rings. The summed E-state index contributed by atoms with van der Waals surface area (Å²) in [6.45, 7) is 1.78. The van der Waals surface area contributed by atoms with Gasteiger partial charge in [0, 0.05) is 11.3 Å². The van der Waals surface area contributed by atoms with Gasteiger partial charge in [-0.1, -0.05) is 29.8 Å². The molecule has 0 aliphatic rings. The van der Waals surface area contributed by atoms with Crippen molar-refractivity contribution < 1.29 is 9.53 Å². The van der Waals surface area contributed by atoms with Crippen molar-refractivity contribution in [3.05, 3.63) is 46.7 Å². The van der Waals surface area contributed by atoms with Crippen molar-refractivity contribution in [1.82, 2.24) is 9.97 Å². The third-order valence-corrected chi connectivity index (χ3v) is 2.81. The average Bonchev–Trinajstić information content (AvgIpc) is 2.37. The lowest BCUT2D eigenvalue weighted by molar-refractivity contribution is -0.115. The van der Waals surface area contributed by atoms with Crippen LogP contribution >= 0.6 is 11.6 Å². The molecule has 0 saturated heterocycles. The second kappa shape index (κ2) is 6.34. The Labute approximate surface area is 122 Å². The molecule has 0 unspecified atom stereocenters. The van der Waals surface area contributed by atoms with Gasteiger partial charge in [0.1, 0.15) is 10.9 Å². The number of amides is 1. The second-order valence-corrected chi connectivity index (χ2v) is 4.58. The highest BCUT2D eigenvalue weighted by atomic mass is 35.5. The van der Waals surface area contributed by atoms with Gasteiger partial charge in [0.15, 0.2) is 0 Å². The monoisotopic (exact) mass is 291 g/mol. The molecule has 1 aromatic heterocycles. The fourth-order valence-corrected chi connectivity index (χ4v) is 2.01. The van der Waals surface area contributed by atoms with E-state index in [4.69, 9.17) is 16.3 Å². The summed E-state index contributed by atoms with van der Waals surface area (Å²) in [6.07, 6.45) is 0.179. The first-order valence-corrected chi connectivity index (χ1v) is 6.39. The maximum absolute atomic E-state index is 12.0. The fraction of sp³-hybridized carbons (Fsp3) is 0.214. The van der Waals surface area contributed by atoms with Crippen molar-refractivity contribution in [3.8, 4) is 5.75 Å². The van der Waals surface area contributed by atoms with Gasteiger partial charge >= 0.3 is 0 Å². The number of para-hydroxylation sites is 1. The average molecular weight is 292 g/mol. The summed E-state index contributed by atoms with van der Waals surface area (Å²) < 4.78 is 5.20. The summed E-state index contributed by atoms with van der Waals surface area (Å²) in [7, 11) is 1.57. The van der Waals surface area contributed by atoms with E-state index in [0.717, 1.165) is 5.56 Å². The maximum atomic E-state index is 12.0. The Kier molecular flexibility index (Phi) is 4.53. The number of carbonyl (C=O) groups is 1. The number of nitrogens with one attached hydrogen (secondary N) is 1. The zero-order chi connectivity index (χ0) is 14.5. The lowest BCUT2D eigenvalue weighted by Crippen LogP contribution is -2.17. The third-order valence-electron chi connectivity index (χ3n) is 2.62. The van der Waals surface area contributed by atoms with Crippen LogP contribution < -0.4 is 10.1 Å². The van der Waals surface area contributed by atoms with Gasteiger partial charge in [-0.3, -0.25) is 10.1 Å². The summed E-state index contributed by atoms with van der Waals surface area (Å²) in [4.78, 5) is 20.0. The van der Waals surface area contributed by atoms with Crippen LogP contribution in [-0.2, 0) is 11.2 Å². The van der Waals surface area contributed by atoms with Crippen LogP contribution in [0.5, 0.6) is 5.75 Å². The number of ether oxygens (including phenoxy) is 1. The lowest BCUT2D eigenvalue weighted by atomic mass is 10.1. The van der Waals surface area contributed by atoms with Crippen LogP contribution in [0.15, 0.2) is 30.3 Å². The van der Waals surface area contributed by atoms with Crippen LogP contribution in [0, 0.1) is 6.92 Å². The lowest BCUT2D eigenvalue weighted by Gasteiger charge is -2.08. The van der Waals surface area contributed by atoms with Gasteiger partial charge in [-0.05, 0) is 19.1 Å². The number of rotatable bonds is 4. The van der Waals surface area contributed by atoms with Crippen LogP contribution in [0.1, 0.15) is 11.3 Å². The Bertz CT molecular complexity index is 611. The molecule has 1 amide bonds. The molecule has 1 heterocycles. The van der Waals surface area contributed by atoms with Crippen LogP contribution in [0.2, 0.25) is 5.15 Å². The number of aryl methyl sites for hydroxylation is 1. The smallest absolute Gasteiger partial charge is 0.231 e. The number of nitrogens with zero attached hydrogens (tertiary/aromatic N) is 2. The Morgan fingerprint density at radius 2 is 2.10 bits per heavy atom. The minimum absolute atomic E-state index is 0.179. The first-order chi connectivity index (χ1) is 9.58. The zero-order valence-corrected chi connectivity index (χ0v) is 11.9. The molecular formula is C14H14ClN3O2. The largest absolute Gasteiger partial charge is 0.496 e. The molecule has 6 heteroatoms. The number of aromatic nitrogens is 2. The number of halogens is 1. The molecule has 0 aliphatic carbocycles. The van der Waals surface area contributed by atoms with Crippen LogP contribution in [0.25, 0.3) is 0 Å². The molecule has 0 atom stereocenters. The summed E-state index contributed by atoms with van der Waals surface area (Å²) in [5, 5.41) is 2.92. The highest BCUT2D eigenvalue weighted by molar-refractivity contribution is 6.29. The molecule has 1 N–H and O–H groups in total. The van der Waals surface area contributed by atoms with E-state index < -0.39 is 0 Å². The van der Waals surface area contributed by atoms with E-state index in [9.17, 15) is 4.79 Å². The van der Waals surface area contributed by atoms with Crippen molar-refractivity contribution in [2.75, 3.05) is 12.4 Å². The van der Waals surface area contributed by atoms with E-state index >= 15 is 0 Å². The Hall–Kier alpha value is -2.14. The van der Waals surface area contributed by atoms with Crippen molar-refractivity contribution >= 4 is 23.5 Å². The number of hydrogen-bond acceptors (Lipinski definition) is 4. The molecule has 1 aromatic carbocycles. The van der Waals surface area contributed by atoms with E-state index in [1.807, 2.05) is 24.3 Å². The first-order valence-electron chi connectivity index (χ1n) is 6.01. The number of benzene rings is 1. The van der Waals surface area contributed by atoms with E-state index in [2.05, 4.69) is 15.3 Å². The molecule has 0 fully saturated rings. The quantitative estimate of drug-likeness (QED) is 0.880. The minimum atomic E-state index is -0.226. The van der Waals surface area contributed by atoms with Gasteiger partial charge in [-0.25, -0.2) is 9.97 Å². The molecule has 0 saturated carbocycles. The van der Waals surface area contributed by atoms with Crippen LogP contribution in [-0.4, -0.2) is 23.0 Å². The number of anilines is 1. The number of carbonyl (C=O) groups excluding carboxylic acids is 1. The molecule has 0 spiro atoms. The predicted octanol–water partition coefficient (Wildman–Crippen LogP) is 2.63. The highest BCUT2D eigenvalue weighted by Crippen LogP contribution is 2.18. The molecule has 0 aliphatic heterocycles. The van der Waals surface area contributed by atoms with Crippen LogP contribution in [0.3, 0.4) is 0 Å². The van der Waals surface area contributed by atoms with Crippen LogP contribution in [0.4, 0.5) is 5.95 Å². The molecular weight excluding hydrogens is 278 g/mol.